The third kappa shape index (κ3) is 2.22. The zero-order chi connectivity index (χ0) is 11.5. The van der Waals surface area contributed by atoms with Gasteiger partial charge >= 0.3 is 0 Å². The third-order valence-electron chi connectivity index (χ3n) is 2.60. The van der Waals surface area contributed by atoms with Crippen LogP contribution in [0.4, 0.5) is 11.4 Å². The molecule has 3 N–H and O–H groups in total. The van der Waals surface area contributed by atoms with Gasteiger partial charge in [0, 0.05) is 13.1 Å². The van der Waals surface area contributed by atoms with E-state index in [0.717, 1.165) is 18.7 Å². The molecule has 1 saturated heterocycles. The second kappa shape index (κ2) is 4.61. The van der Waals surface area contributed by atoms with Crippen molar-refractivity contribution in [2.24, 2.45) is 0 Å². The normalized spacial score (nSPS) is 16.8. The first-order valence-electron chi connectivity index (χ1n) is 5.24. The van der Waals surface area contributed by atoms with E-state index in [-0.39, 0.29) is 5.91 Å². The van der Waals surface area contributed by atoms with Gasteiger partial charge in [-0.15, -0.1) is 0 Å². The fourth-order valence-electron chi connectivity index (χ4n) is 1.86. The lowest BCUT2D eigenvalue weighted by Gasteiger charge is -2.24. The smallest absolute Gasteiger partial charge is 0.239 e. The first kappa shape index (κ1) is 11.1. The Morgan fingerprint density at radius 3 is 3.00 bits per heavy atom. The molecule has 86 valence electrons. The first-order chi connectivity index (χ1) is 7.68. The predicted molar refractivity (Wildman–Crippen MR) is 65.7 cm³/mol. The molecule has 1 aliphatic rings. The summed E-state index contributed by atoms with van der Waals surface area (Å²) in [5, 5.41) is 3.41. The molecule has 0 atom stereocenters. The summed E-state index contributed by atoms with van der Waals surface area (Å²) in [4.78, 5) is 13.4. The molecule has 0 radical (unpaired) electrons. The van der Waals surface area contributed by atoms with Crippen molar-refractivity contribution in [1.29, 1.82) is 0 Å². The number of nitrogens with one attached hydrogen (secondary N) is 1. The number of carbonyl (C=O) groups excluding carboxylic acids is 1. The predicted octanol–water partition coefficient (Wildman–Crippen LogP) is 1.25. The van der Waals surface area contributed by atoms with Crippen molar-refractivity contribution in [2.45, 2.75) is 6.42 Å². The molecule has 16 heavy (non-hydrogen) atoms. The molecule has 1 amide bonds. The number of amides is 1. The van der Waals surface area contributed by atoms with Crippen LogP contribution in [-0.4, -0.2) is 25.5 Å². The van der Waals surface area contributed by atoms with Crippen molar-refractivity contribution in [3.8, 4) is 0 Å². The lowest BCUT2D eigenvalue weighted by atomic mass is 10.2. The summed E-state index contributed by atoms with van der Waals surface area (Å²) >= 11 is 6.11. The number of nitrogens with zero attached hydrogens (tertiary/aromatic N) is 1. The zero-order valence-electron chi connectivity index (χ0n) is 8.87. The number of benzene rings is 1. The van der Waals surface area contributed by atoms with Gasteiger partial charge in [-0.1, -0.05) is 17.7 Å². The monoisotopic (exact) mass is 239 g/mol. The summed E-state index contributed by atoms with van der Waals surface area (Å²) in [6.45, 7) is 1.81. The Morgan fingerprint density at radius 2 is 2.25 bits per heavy atom. The maximum absolute atomic E-state index is 11.5. The van der Waals surface area contributed by atoms with Gasteiger partial charge < -0.3 is 16.0 Å². The Labute approximate surface area is 99.4 Å². The van der Waals surface area contributed by atoms with Gasteiger partial charge in [0.05, 0.1) is 22.9 Å². The highest BCUT2D eigenvalue weighted by Crippen LogP contribution is 2.32. The second-order valence-corrected chi connectivity index (χ2v) is 4.21. The number of nitrogens with two attached hydrogens (primary N) is 1. The lowest BCUT2D eigenvalue weighted by Crippen LogP contribution is -2.33. The Kier molecular flexibility index (Phi) is 3.19. The van der Waals surface area contributed by atoms with Crippen LogP contribution in [0.3, 0.4) is 0 Å². The molecular weight excluding hydrogens is 226 g/mol. The van der Waals surface area contributed by atoms with Crippen LogP contribution in [0.1, 0.15) is 6.42 Å². The summed E-state index contributed by atoms with van der Waals surface area (Å²) in [6, 6.07) is 5.39. The van der Waals surface area contributed by atoms with Crippen LogP contribution in [0, 0.1) is 0 Å². The van der Waals surface area contributed by atoms with E-state index in [2.05, 4.69) is 5.32 Å². The van der Waals surface area contributed by atoms with Gasteiger partial charge in [-0.2, -0.15) is 0 Å². The number of rotatable bonds is 1. The van der Waals surface area contributed by atoms with E-state index in [1.807, 2.05) is 4.90 Å². The van der Waals surface area contributed by atoms with Gasteiger partial charge in [0.1, 0.15) is 0 Å². The van der Waals surface area contributed by atoms with Crippen LogP contribution in [0.5, 0.6) is 0 Å². The number of hydrogen-bond donors (Lipinski definition) is 2. The van der Waals surface area contributed by atoms with Gasteiger partial charge in [0.2, 0.25) is 5.91 Å². The Hall–Kier alpha value is -1.42. The van der Waals surface area contributed by atoms with Crippen molar-refractivity contribution < 1.29 is 4.79 Å². The molecule has 5 heteroatoms. The van der Waals surface area contributed by atoms with Crippen LogP contribution in [0.2, 0.25) is 5.02 Å². The molecule has 0 spiro atoms. The highest BCUT2D eigenvalue weighted by atomic mass is 35.5. The minimum absolute atomic E-state index is 0.0109. The fourth-order valence-corrected chi connectivity index (χ4v) is 2.16. The number of para-hydroxylation sites is 1. The van der Waals surface area contributed by atoms with E-state index < -0.39 is 0 Å². The van der Waals surface area contributed by atoms with Crippen molar-refractivity contribution in [3.05, 3.63) is 23.2 Å². The molecule has 0 aliphatic carbocycles. The topological polar surface area (TPSA) is 58.4 Å². The molecule has 0 bridgehead atoms. The van der Waals surface area contributed by atoms with Gasteiger partial charge in [-0.25, -0.2) is 0 Å². The summed E-state index contributed by atoms with van der Waals surface area (Å²) in [6.07, 6.45) is 0.899. The van der Waals surface area contributed by atoms with E-state index in [9.17, 15) is 4.79 Å². The van der Waals surface area contributed by atoms with Gasteiger partial charge in [-0.3, -0.25) is 4.79 Å². The first-order valence-corrected chi connectivity index (χ1v) is 5.62. The molecule has 1 aromatic carbocycles. The van der Waals surface area contributed by atoms with Gasteiger partial charge in [-0.05, 0) is 18.6 Å². The van der Waals surface area contributed by atoms with Crippen LogP contribution in [0.15, 0.2) is 18.2 Å². The number of anilines is 2. The summed E-state index contributed by atoms with van der Waals surface area (Å²) < 4.78 is 0. The Balaban J connectivity index is 2.31. The van der Waals surface area contributed by atoms with Crippen molar-refractivity contribution >= 4 is 28.9 Å². The largest absolute Gasteiger partial charge is 0.397 e. The molecule has 1 heterocycles. The molecule has 1 fully saturated rings. The minimum atomic E-state index is 0.0109. The number of carbonyl (C=O) groups is 1. The van der Waals surface area contributed by atoms with Crippen LogP contribution in [-0.2, 0) is 4.79 Å². The summed E-state index contributed by atoms with van der Waals surface area (Å²) in [5.41, 5.74) is 7.27. The van der Waals surface area contributed by atoms with E-state index >= 15 is 0 Å². The average Bonchev–Trinajstić information content (AvgIpc) is 2.43. The van der Waals surface area contributed by atoms with Crippen molar-refractivity contribution in [1.82, 2.24) is 5.32 Å². The quantitative estimate of drug-likeness (QED) is 0.726. The third-order valence-corrected chi connectivity index (χ3v) is 2.90. The lowest BCUT2D eigenvalue weighted by molar-refractivity contribution is -0.119. The molecule has 1 aliphatic heterocycles. The van der Waals surface area contributed by atoms with Crippen molar-refractivity contribution in [3.63, 3.8) is 0 Å². The van der Waals surface area contributed by atoms with E-state index in [1.165, 1.54) is 0 Å². The maximum Gasteiger partial charge on any atom is 0.239 e. The second-order valence-electron chi connectivity index (χ2n) is 3.80. The van der Waals surface area contributed by atoms with E-state index in [0.29, 0.717) is 23.8 Å². The molecule has 1 aromatic rings. The number of nitrogen functional groups attached to an aromatic ring is 1. The number of halogens is 1. The van der Waals surface area contributed by atoms with Crippen LogP contribution in [0.25, 0.3) is 0 Å². The molecule has 2 rings (SSSR count). The minimum Gasteiger partial charge on any atom is -0.397 e. The highest BCUT2D eigenvalue weighted by molar-refractivity contribution is 6.34. The highest BCUT2D eigenvalue weighted by Gasteiger charge is 2.18. The Bertz CT molecular complexity index is 388. The van der Waals surface area contributed by atoms with Crippen LogP contribution >= 0.6 is 11.6 Å². The SMILES string of the molecule is Nc1cccc(Cl)c1N1CCCNC(=O)C1. The maximum atomic E-state index is 11.5. The molecule has 4 nitrogen and oxygen atoms in total. The average molecular weight is 240 g/mol. The van der Waals surface area contributed by atoms with Gasteiger partial charge in [0.15, 0.2) is 0 Å². The van der Waals surface area contributed by atoms with Gasteiger partial charge in [0.25, 0.3) is 0 Å². The summed E-state index contributed by atoms with van der Waals surface area (Å²) in [7, 11) is 0. The van der Waals surface area contributed by atoms with E-state index in [1.54, 1.807) is 18.2 Å². The fraction of sp³-hybridized carbons (Fsp3) is 0.364. The molecule has 0 saturated carbocycles. The molecular formula is C11H14ClN3O. The number of hydrogen-bond acceptors (Lipinski definition) is 3. The zero-order valence-corrected chi connectivity index (χ0v) is 9.63. The van der Waals surface area contributed by atoms with E-state index in [4.69, 9.17) is 17.3 Å². The Morgan fingerprint density at radius 1 is 1.44 bits per heavy atom. The molecule has 0 aromatic heterocycles. The van der Waals surface area contributed by atoms with Crippen LogP contribution < -0.4 is 16.0 Å². The van der Waals surface area contributed by atoms with Crippen molar-refractivity contribution in [2.75, 3.05) is 30.3 Å². The molecule has 0 unspecified atom stereocenters. The standard InChI is InChI=1S/C11H14ClN3O/c12-8-3-1-4-9(13)11(8)15-6-2-5-14-10(16)7-15/h1,3-4H,2,5-7,13H2,(H,14,16). The summed E-state index contributed by atoms with van der Waals surface area (Å²) in [5.74, 6) is 0.0109.